The van der Waals surface area contributed by atoms with Gasteiger partial charge in [0.1, 0.15) is 29.1 Å². The molecule has 0 aliphatic carbocycles. The molecule has 2 rings (SSSR count). The number of amides is 3. The van der Waals surface area contributed by atoms with E-state index >= 15 is 0 Å². The third-order valence-corrected chi connectivity index (χ3v) is 5.35. The van der Waals surface area contributed by atoms with Crippen LogP contribution in [0.25, 0.3) is 0 Å². The summed E-state index contributed by atoms with van der Waals surface area (Å²) in [5, 5.41) is 8.13. The fourth-order valence-corrected chi connectivity index (χ4v) is 3.69. The average molecular weight is 460 g/mol. The lowest BCUT2D eigenvalue weighted by atomic mass is 10.1. The largest absolute Gasteiger partial charge is 0.398 e. The maximum Gasteiger partial charge on any atom is 0.362 e. The summed E-state index contributed by atoms with van der Waals surface area (Å²) in [6, 6.07) is -1.20. The Bertz CT molecular complexity index is 916. The number of thiazole rings is 1. The predicted octanol–water partition coefficient (Wildman–Crippen LogP) is -0.546. The number of aromatic nitrogens is 1. The van der Waals surface area contributed by atoms with Gasteiger partial charge in [-0.25, -0.2) is 9.29 Å². The highest BCUT2D eigenvalue weighted by Gasteiger charge is 2.45. The quantitative estimate of drug-likeness (QED) is 0.160. The lowest BCUT2D eigenvalue weighted by molar-refractivity contribution is -0.139. The van der Waals surface area contributed by atoms with Gasteiger partial charge in [0.25, 0.3) is 11.8 Å². The highest BCUT2D eigenvalue weighted by atomic mass is 35.5. The number of carbonyl (C=O) groups is 3. The normalized spacial score (nSPS) is 17.3. The van der Waals surface area contributed by atoms with Gasteiger partial charge in [0, 0.05) is 0 Å². The number of hydrogen-bond donors (Lipinski definition) is 3. The average Bonchev–Trinajstić information content (AvgIpc) is 2.93. The Kier molecular flexibility index (Phi) is 6.59. The van der Waals surface area contributed by atoms with Crippen LogP contribution in [0.4, 0.5) is 5.13 Å². The van der Waals surface area contributed by atoms with Gasteiger partial charge in [-0.15, -0.1) is 11.6 Å². The molecule has 1 fully saturated rings. The predicted molar refractivity (Wildman–Crippen MR) is 95.2 cm³/mol. The number of alkyl halides is 1. The first-order valence-electron chi connectivity index (χ1n) is 6.82. The van der Waals surface area contributed by atoms with Gasteiger partial charge in [-0.2, -0.15) is 8.42 Å². The number of carbonyl (C=O) groups excluding carboxylic acids is 3. The van der Waals surface area contributed by atoms with Crippen molar-refractivity contribution < 1.29 is 32.2 Å². The molecule has 1 aromatic rings. The first-order valence-corrected chi connectivity index (χ1v) is 9.94. The summed E-state index contributed by atoms with van der Waals surface area (Å²) < 4.78 is 30.8. The zero-order valence-corrected chi connectivity index (χ0v) is 16.4. The Balaban J connectivity index is 2.17. The number of oxime groups is 1. The van der Waals surface area contributed by atoms with Crippen molar-refractivity contribution in [3.63, 3.8) is 0 Å². The van der Waals surface area contributed by atoms with Gasteiger partial charge >= 0.3 is 10.3 Å². The van der Waals surface area contributed by atoms with E-state index in [-0.39, 0.29) is 25.3 Å². The van der Waals surface area contributed by atoms with Gasteiger partial charge in [0.15, 0.2) is 10.8 Å². The summed E-state index contributed by atoms with van der Waals surface area (Å²) in [4.78, 5) is 43.9. The van der Waals surface area contributed by atoms with Crippen LogP contribution < -0.4 is 10.6 Å². The Labute approximate surface area is 166 Å². The van der Waals surface area contributed by atoms with E-state index in [0.717, 1.165) is 18.4 Å². The molecule has 1 saturated heterocycles. The zero-order valence-electron chi connectivity index (χ0n) is 13.3. The molecule has 1 aliphatic rings. The molecule has 0 spiro atoms. The van der Waals surface area contributed by atoms with Crippen LogP contribution in [0.1, 0.15) is 5.69 Å². The van der Waals surface area contributed by atoms with Crippen molar-refractivity contribution in [1.29, 1.82) is 0 Å². The van der Waals surface area contributed by atoms with Crippen molar-refractivity contribution in [1.82, 2.24) is 14.6 Å². The van der Waals surface area contributed by atoms with Crippen molar-refractivity contribution in [2.24, 2.45) is 5.16 Å². The molecule has 148 valence electrons. The van der Waals surface area contributed by atoms with Crippen molar-refractivity contribution in [3.05, 3.63) is 10.0 Å². The second-order valence-electron chi connectivity index (χ2n) is 4.82. The van der Waals surface area contributed by atoms with Gasteiger partial charge in [-0.3, -0.25) is 18.9 Å². The van der Waals surface area contributed by atoms with Crippen LogP contribution in [0, 0.1) is 0 Å². The molecule has 3 amide bonds. The molecule has 12 nitrogen and oxygen atoms in total. The summed E-state index contributed by atoms with van der Waals surface area (Å²) in [6.07, 6.45) is 0. The van der Waals surface area contributed by atoms with E-state index in [0.29, 0.717) is 0 Å². The number of β-lactam (4-membered cyclic amide) rings is 1. The Morgan fingerprint density at radius 1 is 1.52 bits per heavy atom. The van der Waals surface area contributed by atoms with E-state index in [2.05, 4.69) is 25.6 Å². The van der Waals surface area contributed by atoms with E-state index in [9.17, 15) is 22.8 Å². The number of anilines is 1. The molecule has 0 aromatic carbocycles. The molecule has 0 bridgehead atoms. The van der Waals surface area contributed by atoms with Crippen LogP contribution in [0.5, 0.6) is 0 Å². The lowest BCUT2D eigenvalue weighted by Crippen LogP contribution is -2.65. The minimum absolute atomic E-state index is 0.00896. The van der Waals surface area contributed by atoms with Crippen molar-refractivity contribution in [2.75, 3.05) is 24.9 Å². The summed E-state index contributed by atoms with van der Waals surface area (Å²) in [5.41, 5.74) is -0.549. The van der Waals surface area contributed by atoms with E-state index in [4.69, 9.17) is 27.8 Å². The first kappa shape index (κ1) is 21.3. The van der Waals surface area contributed by atoms with Crippen LogP contribution in [-0.4, -0.2) is 71.3 Å². The van der Waals surface area contributed by atoms with E-state index in [1.54, 1.807) is 0 Å². The van der Waals surface area contributed by atoms with Gasteiger partial charge in [-0.1, -0.05) is 28.1 Å². The van der Waals surface area contributed by atoms with E-state index < -0.39 is 46.3 Å². The van der Waals surface area contributed by atoms with Crippen LogP contribution in [0.15, 0.2) is 5.16 Å². The maximum absolute atomic E-state index is 12.4. The number of nitrogens with one attached hydrogen (secondary N) is 2. The maximum atomic E-state index is 12.4. The molecule has 27 heavy (non-hydrogen) atoms. The molecule has 0 saturated carbocycles. The Morgan fingerprint density at radius 3 is 2.70 bits per heavy atom. The highest BCUT2D eigenvalue weighted by molar-refractivity contribution is 7.84. The van der Waals surface area contributed by atoms with Gasteiger partial charge in [0.2, 0.25) is 5.91 Å². The summed E-state index contributed by atoms with van der Waals surface area (Å²) in [6.45, 7) is -0.453. The smallest absolute Gasteiger partial charge is 0.362 e. The standard InChI is InChI=1S/C11H11Cl2N5O7S2/c1-25-17-7(6-8(13)26-11(16-6)15-5(19)2-12)9(20)14-4-3-18(10(4)21)27(22,23)24/h4H,2-3H2,1H3,(H,14,20)(H,15,16,19)(H,22,23,24). The van der Waals surface area contributed by atoms with Crippen LogP contribution in [-0.2, 0) is 29.5 Å². The summed E-state index contributed by atoms with van der Waals surface area (Å²) in [5.74, 6) is -2.83. The minimum Gasteiger partial charge on any atom is -0.398 e. The van der Waals surface area contributed by atoms with E-state index in [1.807, 2.05) is 0 Å². The monoisotopic (exact) mass is 459 g/mol. The molecular formula is C11H11Cl2N5O7S2. The minimum atomic E-state index is -4.69. The highest BCUT2D eigenvalue weighted by Crippen LogP contribution is 2.29. The molecule has 3 N–H and O–H groups in total. The van der Waals surface area contributed by atoms with E-state index in [1.165, 1.54) is 0 Å². The second kappa shape index (κ2) is 8.35. The molecule has 0 radical (unpaired) electrons. The lowest BCUT2D eigenvalue weighted by Gasteiger charge is -2.35. The summed E-state index contributed by atoms with van der Waals surface area (Å²) >= 11 is 12.2. The van der Waals surface area contributed by atoms with Crippen molar-refractivity contribution in [2.45, 2.75) is 6.04 Å². The Morgan fingerprint density at radius 2 is 2.19 bits per heavy atom. The number of nitrogens with zero attached hydrogens (tertiary/aromatic N) is 3. The van der Waals surface area contributed by atoms with Crippen LogP contribution >= 0.6 is 34.5 Å². The number of rotatable bonds is 7. The number of hydrogen-bond acceptors (Lipinski definition) is 9. The first-order chi connectivity index (χ1) is 12.6. The van der Waals surface area contributed by atoms with Crippen LogP contribution in [0.2, 0.25) is 4.34 Å². The van der Waals surface area contributed by atoms with Crippen molar-refractivity contribution in [3.8, 4) is 0 Å². The molecule has 2 heterocycles. The van der Waals surface area contributed by atoms with Gasteiger partial charge in [0.05, 0.1) is 6.54 Å². The molecule has 1 aromatic heterocycles. The fraction of sp³-hybridized carbons (Fsp3) is 0.364. The summed E-state index contributed by atoms with van der Waals surface area (Å²) in [7, 11) is -3.54. The SMILES string of the molecule is CON=C(C(=O)NC1CN(S(=O)(=O)O)C1=O)c1nc(NC(=O)CCl)sc1Cl. The van der Waals surface area contributed by atoms with Gasteiger partial charge in [-0.05, 0) is 0 Å². The second-order valence-corrected chi connectivity index (χ2v) is 8.02. The molecule has 1 unspecified atom stereocenters. The molecule has 16 heteroatoms. The Hall–Kier alpha value is -2.00. The zero-order chi connectivity index (χ0) is 20.4. The number of halogens is 2. The van der Waals surface area contributed by atoms with Crippen molar-refractivity contribution >= 4 is 73.4 Å². The third kappa shape index (κ3) is 4.84. The van der Waals surface area contributed by atoms with Gasteiger partial charge < -0.3 is 15.5 Å². The molecule has 1 aliphatic heterocycles. The fourth-order valence-electron chi connectivity index (χ4n) is 1.87. The molecular weight excluding hydrogens is 449 g/mol. The topological polar surface area (TPSA) is 167 Å². The third-order valence-electron chi connectivity index (χ3n) is 3.05. The van der Waals surface area contributed by atoms with Crippen LogP contribution in [0.3, 0.4) is 0 Å². The molecule has 1 atom stereocenters.